The first-order valence-corrected chi connectivity index (χ1v) is 18.9. The molecule has 0 amide bonds. The van der Waals surface area contributed by atoms with E-state index in [1.165, 1.54) is 29.8 Å². The van der Waals surface area contributed by atoms with Crippen LogP contribution in [0, 0.1) is 5.82 Å². The van der Waals surface area contributed by atoms with E-state index in [2.05, 4.69) is 26.8 Å². The third-order valence-corrected chi connectivity index (χ3v) is 12.2. The first-order valence-electron chi connectivity index (χ1n) is 17.7. The number of carbonyl (C=O) groups is 1. The van der Waals surface area contributed by atoms with Gasteiger partial charge in [0.2, 0.25) is 12.0 Å². The predicted octanol–water partition coefficient (Wildman–Crippen LogP) is 8.01. The van der Waals surface area contributed by atoms with Crippen LogP contribution in [0.2, 0.25) is 5.02 Å². The second-order valence-electron chi connectivity index (χ2n) is 13.6. The van der Waals surface area contributed by atoms with Crippen LogP contribution in [0.5, 0.6) is 17.4 Å². The van der Waals surface area contributed by atoms with E-state index in [4.69, 9.17) is 30.5 Å². The van der Waals surface area contributed by atoms with Crippen LogP contribution in [0.1, 0.15) is 31.7 Å². The molecular formula is C40H40ClFN4O5S. The zero-order valence-electron chi connectivity index (χ0n) is 29.4. The number of aromatic nitrogens is 2. The molecule has 3 heterocycles. The molecule has 1 atom stereocenters. The van der Waals surface area contributed by atoms with Crippen LogP contribution in [0.4, 0.5) is 4.39 Å². The fourth-order valence-corrected chi connectivity index (χ4v) is 9.37. The number of hydrogen-bond donors (Lipinski definition) is 0. The van der Waals surface area contributed by atoms with Gasteiger partial charge in [0.05, 0.1) is 24.1 Å². The zero-order valence-corrected chi connectivity index (χ0v) is 31.0. The highest BCUT2D eigenvalue weighted by Gasteiger charge is 2.53. The van der Waals surface area contributed by atoms with E-state index in [1.807, 2.05) is 36.4 Å². The van der Waals surface area contributed by atoms with Crippen LogP contribution < -0.4 is 14.2 Å². The van der Waals surface area contributed by atoms with Gasteiger partial charge in [-0.3, -0.25) is 4.90 Å². The molecule has 1 aliphatic heterocycles. The molecule has 9 nitrogen and oxygen atoms in total. The molecule has 2 aromatic heterocycles. The molecule has 0 N–H and O–H groups in total. The Balaban J connectivity index is 1.27. The number of rotatable bonds is 11. The highest BCUT2D eigenvalue weighted by Crippen LogP contribution is 2.53. The number of fused-ring (bicyclic) bond motifs is 8. The summed E-state index contributed by atoms with van der Waals surface area (Å²) in [5.41, 5.74) is 0.209. The van der Waals surface area contributed by atoms with E-state index in [1.54, 1.807) is 20.1 Å². The number of esters is 1. The van der Waals surface area contributed by atoms with Gasteiger partial charge in [0.1, 0.15) is 35.1 Å². The van der Waals surface area contributed by atoms with Gasteiger partial charge < -0.3 is 23.8 Å². The molecule has 8 rings (SSSR count). The second-order valence-corrected chi connectivity index (χ2v) is 15.0. The lowest BCUT2D eigenvalue weighted by atomic mass is 9.60. The summed E-state index contributed by atoms with van der Waals surface area (Å²) in [6, 6.07) is 16.4. The van der Waals surface area contributed by atoms with Crippen molar-refractivity contribution >= 4 is 70.8 Å². The Labute approximate surface area is 310 Å². The molecule has 0 bridgehead atoms. The van der Waals surface area contributed by atoms with Gasteiger partial charge >= 0.3 is 5.97 Å². The number of hydrogen-bond acceptors (Lipinski definition) is 10. The van der Waals surface area contributed by atoms with E-state index in [0.29, 0.717) is 57.0 Å². The summed E-state index contributed by atoms with van der Waals surface area (Å²) < 4.78 is 40.4. The number of benzene rings is 4. The Morgan fingerprint density at radius 2 is 1.77 bits per heavy atom. The van der Waals surface area contributed by atoms with Gasteiger partial charge in [-0.15, -0.1) is 11.3 Å². The maximum absolute atomic E-state index is 15.0. The monoisotopic (exact) mass is 742 g/mol. The van der Waals surface area contributed by atoms with Crippen molar-refractivity contribution in [3.8, 4) is 17.4 Å². The SMILES string of the molecule is CCOC(=O)C(Oc1ncnc2sc3c4ccc(F)cc4c4c(Cl)c(OCCN5CCN(C)CC5)ccc4c3c12)C1(c2ccccc2OC)CCC1. The second kappa shape index (κ2) is 14.3. The van der Waals surface area contributed by atoms with E-state index in [-0.39, 0.29) is 18.3 Å². The lowest BCUT2D eigenvalue weighted by Gasteiger charge is -2.46. The molecule has 0 radical (unpaired) electrons. The van der Waals surface area contributed by atoms with E-state index < -0.39 is 17.5 Å². The number of ether oxygens (including phenoxy) is 4. The first-order chi connectivity index (χ1) is 25.3. The number of piperazine rings is 1. The average Bonchev–Trinajstić information content (AvgIpc) is 3.53. The van der Waals surface area contributed by atoms with Crippen molar-refractivity contribution in [1.29, 1.82) is 0 Å². The normalized spacial score (nSPS) is 17.0. The van der Waals surface area contributed by atoms with Crippen molar-refractivity contribution in [3.05, 3.63) is 77.3 Å². The van der Waals surface area contributed by atoms with E-state index in [9.17, 15) is 9.18 Å². The minimum atomic E-state index is -1.00. The van der Waals surface area contributed by atoms with Crippen molar-refractivity contribution < 1.29 is 28.1 Å². The smallest absolute Gasteiger partial charge is 0.348 e. The maximum atomic E-state index is 15.0. The van der Waals surface area contributed by atoms with Gasteiger partial charge in [-0.25, -0.2) is 19.2 Å². The van der Waals surface area contributed by atoms with Crippen LogP contribution in [0.25, 0.3) is 41.8 Å². The van der Waals surface area contributed by atoms with Crippen molar-refractivity contribution in [2.75, 3.05) is 60.1 Å². The molecule has 2 fully saturated rings. The summed E-state index contributed by atoms with van der Waals surface area (Å²) in [4.78, 5) is 28.6. The molecule has 52 heavy (non-hydrogen) atoms. The molecule has 1 aliphatic carbocycles. The molecule has 6 aromatic rings. The van der Waals surface area contributed by atoms with Gasteiger partial charge in [0, 0.05) is 64.6 Å². The summed E-state index contributed by atoms with van der Waals surface area (Å²) in [7, 11) is 3.77. The van der Waals surface area contributed by atoms with E-state index >= 15 is 0 Å². The molecule has 1 saturated carbocycles. The average molecular weight is 743 g/mol. The minimum Gasteiger partial charge on any atom is -0.496 e. The summed E-state index contributed by atoms with van der Waals surface area (Å²) in [5, 5.41) is 4.82. The quantitative estimate of drug-likeness (QED) is 0.0968. The van der Waals surface area contributed by atoms with Gasteiger partial charge in [-0.05, 0) is 67.9 Å². The number of halogens is 2. The molecule has 0 spiro atoms. The van der Waals surface area contributed by atoms with Crippen LogP contribution in [0.3, 0.4) is 0 Å². The van der Waals surface area contributed by atoms with Gasteiger partial charge in [0.15, 0.2) is 0 Å². The Morgan fingerprint density at radius 3 is 2.52 bits per heavy atom. The Morgan fingerprint density at radius 1 is 0.981 bits per heavy atom. The Bertz CT molecular complexity index is 2310. The fourth-order valence-electron chi connectivity index (χ4n) is 7.86. The lowest BCUT2D eigenvalue weighted by Crippen LogP contribution is -2.53. The third kappa shape index (κ3) is 5.97. The molecule has 4 aromatic carbocycles. The third-order valence-electron chi connectivity index (χ3n) is 10.7. The Kier molecular flexibility index (Phi) is 9.54. The number of thiophene rings is 1. The number of para-hydroxylation sites is 1. The number of carbonyl (C=O) groups excluding carboxylic acids is 1. The number of likely N-dealkylation sites (N-methyl/N-ethyl adjacent to an activating group) is 1. The summed E-state index contributed by atoms with van der Waals surface area (Å²) >= 11 is 8.68. The van der Waals surface area contributed by atoms with Crippen molar-refractivity contribution in [3.63, 3.8) is 0 Å². The largest absolute Gasteiger partial charge is 0.496 e. The minimum absolute atomic E-state index is 0.201. The van der Waals surface area contributed by atoms with Crippen LogP contribution >= 0.6 is 22.9 Å². The van der Waals surface area contributed by atoms with Crippen molar-refractivity contribution in [1.82, 2.24) is 19.8 Å². The summed E-state index contributed by atoms with van der Waals surface area (Å²) in [6.45, 7) is 7.26. The number of methoxy groups -OCH3 is 1. The molecule has 1 unspecified atom stereocenters. The number of nitrogens with zero attached hydrogens (tertiary/aromatic N) is 4. The van der Waals surface area contributed by atoms with Crippen LogP contribution in [-0.2, 0) is 14.9 Å². The Hall–Kier alpha value is -4.29. The van der Waals surface area contributed by atoms with Gasteiger partial charge in [-0.2, -0.15) is 0 Å². The molecule has 12 heteroatoms. The zero-order chi connectivity index (χ0) is 36.0. The molecule has 2 aliphatic rings. The topological polar surface area (TPSA) is 86.2 Å². The predicted molar refractivity (Wildman–Crippen MR) is 204 cm³/mol. The van der Waals surface area contributed by atoms with Crippen molar-refractivity contribution in [2.24, 2.45) is 0 Å². The molecular weight excluding hydrogens is 703 g/mol. The molecule has 270 valence electrons. The highest BCUT2D eigenvalue weighted by molar-refractivity contribution is 7.26. The lowest BCUT2D eigenvalue weighted by molar-refractivity contribution is -0.157. The molecule has 1 saturated heterocycles. The van der Waals surface area contributed by atoms with Crippen molar-refractivity contribution in [2.45, 2.75) is 37.7 Å². The maximum Gasteiger partial charge on any atom is 0.348 e. The highest BCUT2D eigenvalue weighted by atomic mass is 35.5. The van der Waals surface area contributed by atoms with Crippen LogP contribution in [0.15, 0.2) is 60.9 Å². The van der Waals surface area contributed by atoms with Gasteiger partial charge in [-0.1, -0.05) is 42.3 Å². The summed E-state index contributed by atoms with van der Waals surface area (Å²) in [5.74, 6) is 0.657. The van der Waals surface area contributed by atoms with Crippen LogP contribution in [-0.4, -0.2) is 91.9 Å². The standard InChI is InChI=1S/C40H40ClFN4O5S/c1-4-49-39(47)36(40(14-7-15-40)28-8-5-6-9-29(28)48-3)51-37-33-32-26-12-13-30(50-21-20-46-18-16-45(2)17-19-46)34(41)31(26)27-22-24(42)10-11-25(27)35(32)52-38(33)44-23-43-37/h5-6,8-13,22-23,36H,4,7,14-21H2,1-3H3. The van der Waals surface area contributed by atoms with E-state index in [0.717, 1.165) is 65.6 Å². The van der Waals surface area contributed by atoms with Gasteiger partial charge in [0.25, 0.3) is 0 Å². The first kappa shape index (κ1) is 34.8. The fraction of sp³-hybridized carbons (Fsp3) is 0.375. The summed E-state index contributed by atoms with van der Waals surface area (Å²) in [6.07, 6.45) is 2.79.